The summed E-state index contributed by atoms with van der Waals surface area (Å²) in [5, 5.41) is 6.08. The Labute approximate surface area is 153 Å². The van der Waals surface area contributed by atoms with Crippen molar-refractivity contribution >= 4 is 6.03 Å². The van der Waals surface area contributed by atoms with Gasteiger partial charge in [0.2, 0.25) is 0 Å². The molecule has 2 N–H and O–H groups in total. The Morgan fingerprint density at radius 3 is 2.60 bits per heavy atom. The largest absolute Gasteiger partial charge is 0.379 e. The fraction of sp³-hybridized carbons (Fsp3) is 0.947. The number of amides is 2. The van der Waals surface area contributed by atoms with Gasteiger partial charge in [-0.25, -0.2) is 4.79 Å². The lowest BCUT2D eigenvalue weighted by molar-refractivity contribution is 0.00719. The first-order valence-corrected chi connectivity index (χ1v) is 10.2. The van der Waals surface area contributed by atoms with Gasteiger partial charge in [0.05, 0.1) is 13.2 Å². The van der Waals surface area contributed by atoms with E-state index < -0.39 is 0 Å². The SMILES string of the molecule is CC(C)C(CNC(=O)NCCCN1CCCCC1C)N1CCOCC1. The number of rotatable bonds is 8. The molecule has 0 aliphatic carbocycles. The number of nitrogens with zero attached hydrogens (tertiary/aromatic N) is 2. The summed E-state index contributed by atoms with van der Waals surface area (Å²) in [6.45, 7) is 14.0. The molecule has 6 heteroatoms. The van der Waals surface area contributed by atoms with Gasteiger partial charge in [0, 0.05) is 44.8 Å². The summed E-state index contributed by atoms with van der Waals surface area (Å²) in [5.74, 6) is 0.513. The van der Waals surface area contributed by atoms with E-state index in [4.69, 9.17) is 4.74 Å². The number of hydrogen-bond acceptors (Lipinski definition) is 4. The van der Waals surface area contributed by atoms with Crippen LogP contribution in [0.5, 0.6) is 0 Å². The van der Waals surface area contributed by atoms with Gasteiger partial charge in [-0.1, -0.05) is 20.3 Å². The number of morpholine rings is 1. The van der Waals surface area contributed by atoms with E-state index in [0.29, 0.717) is 24.5 Å². The van der Waals surface area contributed by atoms with E-state index in [0.717, 1.165) is 45.8 Å². The predicted molar refractivity (Wildman–Crippen MR) is 102 cm³/mol. The highest BCUT2D eigenvalue weighted by Crippen LogP contribution is 2.16. The van der Waals surface area contributed by atoms with E-state index >= 15 is 0 Å². The molecule has 0 radical (unpaired) electrons. The fourth-order valence-corrected chi connectivity index (χ4v) is 3.93. The molecular weight excluding hydrogens is 316 g/mol. The van der Waals surface area contributed by atoms with Gasteiger partial charge in [0.1, 0.15) is 0 Å². The molecule has 6 nitrogen and oxygen atoms in total. The van der Waals surface area contributed by atoms with Crippen molar-refractivity contribution in [1.82, 2.24) is 20.4 Å². The Hall–Kier alpha value is -0.850. The Bertz CT molecular complexity index is 386. The molecule has 146 valence electrons. The summed E-state index contributed by atoms with van der Waals surface area (Å²) in [4.78, 5) is 17.1. The minimum Gasteiger partial charge on any atom is -0.379 e. The number of nitrogens with one attached hydrogen (secondary N) is 2. The Morgan fingerprint density at radius 1 is 1.16 bits per heavy atom. The normalized spacial score (nSPS) is 24.2. The third kappa shape index (κ3) is 7.12. The first-order valence-electron chi connectivity index (χ1n) is 10.2. The third-order valence-corrected chi connectivity index (χ3v) is 5.60. The highest BCUT2D eigenvalue weighted by atomic mass is 16.5. The van der Waals surface area contributed by atoms with Crippen LogP contribution in [-0.4, -0.2) is 80.4 Å². The molecule has 2 atom stereocenters. The molecule has 25 heavy (non-hydrogen) atoms. The number of carbonyl (C=O) groups is 1. The maximum atomic E-state index is 12.1. The lowest BCUT2D eigenvalue weighted by Gasteiger charge is -2.36. The summed E-state index contributed by atoms with van der Waals surface area (Å²) in [6.07, 6.45) is 5.01. The second-order valence-corrected chi connectivity index (χ2v) is 7.83. The number of hydrogen-bond donors (Lipinski definition) is 2. The molecule has 2 heterocycles. The molecule has 0 spiro atoms. The summed E-state index contributed by atoms with van der Waals surface area (Å²) in [7, 11) is 0. The summed E-state index contributed by atoms with van der Waals surface area (Å²) >= 11 is 0. The van der Waals surface area contributed by atoms with E-state index in [1.807, 2.05) is 0 Å². The summed E-state index contributed by atoms with van der Waals surface area (Å²) < 4.78 is 5.43. The van der Waals surface area contributed by atoms with Gasteiger partial charge in [0.25, 0.3) is 0 Å². The fourth-order valence-electron chi connectivity index (χ4n) is 3.93. The lowest BCUT2D eigenvalue weighted by Crippen LogP contribution is -2.52. The van der Waals surface area contributed by atoms with Gasteiger partial charge in [-0.05, 0) is 38.6 Å². The monoisotopic (exact) mass is 354 g/mol. The number of urea groups is 1. The molecule has 0 aromatic heterocycles. The van der Waals surface area contributed by atoms with Crippen LogP contribution in [0, 0.1) is 5.92 Å². The van der Waals surface area contributed by atoms with E-state index in [1.54, 1.807) is 0 Å². The molecule has 2 amide bonds. The molecule has 2 aliphatic heterocycles. The van der Waals surface area contributed by atoms with Crippen LogP contribution in [0.4, 0.5) is 4.79 Å². The molecule has 2 fully saturated rings. The number of carbonyl (C=O) groups excluding carboxylic acids is 1. The zero-order valence-electron chi connectivity index (χ0n) is 16.4. The maximum Gasteiger partial charge on any atom is 0.314 e. The minimum atomic E-state index is -0.0365. The van der Waals surface area contributed by atoms with Crippen LogP contribution in [0.2, 0.25) is 0 Å². The quantitative estimate of drug-likeness (QED) is 0.654. The van der Waals surface area contributed by atoms with Crippen LogP contribution >= 0.6 is 0 Å². The second-order valence-electron chi connectivity index (χ2n) is 7.83. The van der Waals surface area contributed by atoms with Crippen LogP contribution in [0.3, 0.4) is 0 Å². The van der Waals surface area contributed by atoms with Gasteiger partial charge in [-0.3, -0.25) is 4.90 Å². The average Bonchev–Trinajstić information content (AvgIpc) is 2.61. The van der Waals surface area contributed by atoms with Crippen LogP contribution in [0.1, 0.15) is 46.5 Å². The highest BCUT2D eigenvalue weighted by Gasteiger charge is 2.24. The lowest BCUT2D eigenvalue weighted by atomic mass is 10.0. The summed E-state index contributed by atoms with van der Waals surface area (Å²) in [6, 6.07) is 1.04. The number of ether oxygens (including phenoxy) is 1. The van der Waals surface area contributed by atoms with Crippen molar-refractivity contribution in [3.63, 3.8) is 0 Å². The van der Waals surface area contributed by atoms with Gasteiger partial charge < -0.3 is 20.3 Å². The molecule has 0 saturated carbocycles. The number of likely N-dealkylation sites (tertiary alicyclic amines) is 1. The van der Waals surface area contributed by atoms with Crippen molar-refractivity contribution in [2.24, 2.45) is 5.92 Å². The zero-order chi connectivity index (χ0) is 18.1. The van der Waals surface area contributed by atoms with E-state index in [1.165, 1.54) is 25.8 Å². The van der Waals surface area contributed by atoms with Crippen molar-refractivity contribution in [1.29, 1.82) is 0 Å². The predicted octanol–water partition coefficient (Wildman–Crippen LogP) is 1.91. The van der Waals surface area contributed by atoms with Crippen molar-refractivity contribution in [2.75, 3.05) is 52.5 Å². The standard InChI is InChI=1S/C19H38N4O2/c1-16(2)18(23-11-13-25-14-12-23)15-21-19(24)20-8-6-10-22-9-5-4-7-17(22)3/h16-18H,4-15H2,1-3H3,(H2,20,21,24). The minimum absolute atomic E-state index is 0.0365. The third-order valence-electron chi connectivity index (χ3n) is 5.60. The van der Waals surface area contributed by atoms with Crippen molar-refractivity contribution in [2.45, 2.75) is 58.5 Å². The average molecular weight is 355 g/mol. The molecular formula is C19H38N4O2. The van der Waals surface area contributed by atoms with Crippen LogP contribution < -0.4 is 10.6 Å². The second kappa shape index (κ2) is 11.0. The van der Waals surface area contributed by atoms with E-state index in [2.05, 4.69) is 41.2 Å². The van der Waals surface area contributed by atoms with Gasteiger partial charge in [0.15, 0.2) is 0 Å². The molecule has 2 unspecified atom stereocenters. The first-order chi connectivity index (χ1) is 12.1. The van der Waals surface area contributed by atoms with Gasteiger partial charge >= 0.3 is 6.03 Å². The zero-order valence-corrected chi connectivity index (χ0v) is 16.4. The van der Waals surface area contributed by atoms with E-state index in [9.17, 15) is 4.79 Å². The van der Waals surface area contributed by atoms with E-state index in [-0.39, 0.29) is 6.03 Å². The molecule has 2 aliphatic rings. The van der Waals surface area contributed by atoms with Crippen molar-refractivity contribution in [3.05, 3.63) is 0 Å². The highest BCUT2D eigenvalue weighted by molar-refractivity contribution is 5.73. The Morgan fingerprint density at radius 2 is 1.92 bits per heavy atom. The molecule has 0 bridgehead atoms. The van der Waals surface area contributed by atoms with Crippen LogP contribution in [0.25, 0.3) is 0 Å². The Kier molecular flexibility index (Phi) is 8.99. The molecule has 2 saturated heterocycles. The Balaban J connectivity index is 1.60. The molecule has 0 aromatic carbocycles. The first kappa shape index (κ1) is 20.5. The summed E-state index contributed by atoms with van der Waals surface area (Å²) in [5.41, 5.74) is 0. The van der Waals surface area contributed by atoms with Crippen molar-refractivity contribution < 1.29 is 9.53 Å². The van der Waals surface area contributed by atoms with Crippen LogP contribution in [0.15, 0.2) is 0 Å². The maximum absolute atomic E-state index is 12.1. The van der Waals surface area contributed by atoms with Crippen LogP contribution in [-0.2, 0) is 4.74 Å². The molecule has 2 rings (SSSR count). The van der Waals surface area contributed by atoms with Gasteiger partial charge in [-0.2, -0.15) is 0 Å². The topological polar surface area (TPSA) is 56.8 Å². The smallest absolute Gasteiger partial charge is 0.314 e. The number of piperidine rings is 1. The van der Waals surface area contributed by atoms with Gasteiger partial charge in [-0.15, -0.1) is 0 Å². The van der Waals surface area contributed by atoms with Crippen molar-refractivity contribution in [3.8, 4) is 0 Å². The molecule has 0 aromatic rings.